The zero-order valence-corrected chi connectivity index (χ0v) is 10.1. The van der Waals surface area contributed by atoms with Crippen molar-refractivity contribution in [3.05, 3.63) is 23.5 Å². The Bertz CT molecular complexity index is 377. The Morgan fingerprint density at radius 2 is 2.31 bits per heavy atom. The van der Waals surface area contributed by atoms with E-state index in [1.807, 2.05) is 6.92 Å². The minimum absolute atomic E-state index is 0.148. The standard InChI is InChI=1S/C12H19N3O/c1-4-8(2)6-15-12(16)10-7-14-9(3)5-11(10)13/h5,7-8H,4,6H2,1-3H3,(H2,13,14)(H,15,16). The number of carbonyl (C=O) groups excluding carboxylic acids is 1. The van der Waals surface area contributed by atoms with Gasteiger partial charge in [0.1, 0.15) is 0 Å². The van der Waals surface area contributed by atoms with Crippen LogP contribution in [0.25, 0.3) is 0 Å². The van der Waals surface area contributed by atoms with E-state index < -0.39 is 0 Å². The molecule has 1 aromatic rings. The SMILES string of the molecule is CCC(C)CNC(=O)c1cnc(C)cc1N. The van der Waals surface area contributed by atoms with Crippen molar-refractivity contribution in [1.29, 1.82) is 0 Å². The second-order valence-electron chi connectivity index (χ2n) is 4.14. The Hall–Kier alpha value is -1.58. The van der Waals surface area contributed by atoms with Gasteiger partial charge in [0, 0.05) is 24.1 Å². The van der Waals surface area contributed by atoms with E-state index in [-0.39, 0.29) is 5.91 Å². The summed E-state index contributed by atoms with van der Waals surface area (Å²) >= 11 is 0. The average molecular weight is 221 g/mol. The van der Waals surface area contributed by atoms with Crippen LogP contribution in [-0.4, -0.2) is 17.4 Å². The second kappa shape index (κ2) is 5.49. The smallest absolute Gasteiger partial charge is 0.254 e. The first-order valence-electron chi connectivity index (χ1n) is 5.55. The molecule has 1 atom stereocenters. The molecule has 1 aromatic heterocycles. The van der Waals surface area contributed by atoms with Crippen LogP contribution in [0.5, 0.6) is 0 Å². The van der Waals surface area contributed by atoms with Crippen molar-refractivity contribution in [2.24, 2.45) is 5.92 Å². The van der Waals surface area contributed by atoms with E-state index in [0.29, 0.717) is 23.7 Å². The molecular weight excluding hydrogens is 202 g/mol. The van der Waals surface area contributed by atoms with E-state index in [1.165, 1.54) is 6.20 Å². The zero-order valence-electron chi connectivity index (χ0n) is 10.1. The highest BCUT2D eigenvalue weighted by atomic mass is 16.1. The molecular formula is C12H19N3O. The topological polar surface area (TPSA) is 68.0 Å². The third-order valence-corrected chi connectivity index (χ3v) is 2.63. The minimum Gasteiger partial charge on any atom is -0.398 e. The number of anilines is 1. The number of nitrogens with one attached hydrogen (secondary N) is 1. The summed E-state index contributed by atoms with van der Waals surface area (Å²) < 4.78 is 0. The van der Waals surface area contributed by atoms with Crippen molar-refractivity contribution < 1.29 is 4.79 Å². The molecule has 1 amide bonds. The summed E-state index contributed by atoms with van der Waals surface area (Å²) in [6.07, 6.45) is 2.57. The molecule has 1 rings (SSSR count). The molecule has 0 spiro atoms. The lowest BCUT2D eigenvalue weighted by Gasteiger charge is -2.11. The molecule has 0 saturated heterocycles. The molecule has 0 aliphatic rings. The molecule has 88 valence electrons. The molecule has 16 heavy (non-hydrogen) atoms. The highest BCUT2D eigenvalue weighted by molar-refractivity contribution is 5.98. The number of hydrogen-bond donors (Lipinski definition) is 2. The van der Waals surface area contributed by atoms with E-state index in [2.05, 4.69) is 24.1 Å². The van der Waals surface area contributed by atoms with Crippen LogP contribution in [0.1, 0.15) is 36.3 Å². The van der Waals surface area contributed by atoms with Crippen LogP contribution in [0.2, 0.25) is 0 Å². The largest absolute Gasteiger partial charge is 0.398 e. The van der Waals surface area contributed by atoms with E-state index in [9.17, 15) is 4.79 Å². The van der Waals surface area contributed by atoms with Gasteiger partial charge in [0.25, 0.3) is 5.91 Å². The van der Waals surface area contributed by atoms with Crippen LogP contribution in [0.4, 0.5) is 5.69 Å². The fraction of sp³-hybridized carbons (Fsp3) is 0.500. The molecule has 0 radical (unpaired) electrons. The fourth-order valence-electron chi connectivity index (χ4n) is 1.28. The number of nitrogen functional groups attached to an aromatic ring is 1. The Kier molecular flexibility index (Phi) is 4.28. The summed E-state index contributed by atoms with van der Waals surface area (Å²) in [5, 5.41) is 2.85. The molecule has 0 aliphatic carbocycles. The molecule has 0 bridgehead atoms. The van der Waals surface area contributed by atoms with Crippen molar-refractivity contribution in [3.8, 4) is 0 Å². The minimum atomic E-state index is -0.148. The van der Waals surface area contributed by atoms with Crippen LogP contribution in [0, 0.1) is 12.8 Å². The highest BCUT2D eigenvalue weighted by Gasteiger charge is 2.10. The van der Waals surface area contributed by atoms with Gasteiger partial charge < -0.3 is 11.1 Å². The Balaban J connectivity index is 2.66. The van der Waals surface area contributed by atoms with Gasteiger partial charge in [-0.15, -0.1) is 0 Å². The van der Waals surface area contributed by atoms with Gasteiger partial charge in [-0.2, -0.15) is 0 Å². The Morgan fingerprint density at radius 3 is 2.88 bits per heavy atom. The molecule has 0 saturated carbocycles. The third-order valence-electron chi connectivity index (χ3n) is 2.63. The predicted molar refractivity (Wildman–Crippen MR) is 65.2 cm³/mol. The van der Waals surface area contributed by atoms with Gasteiger partial charge in [-0.25, -0.2) is 0 Å². The van der Waals surface area contributed by atoms with Crippen LogP contribution >= 0.6 is 0 Å². The highest BCUT2D eigenvalue weighted by Crippen LogP contribution is 2.11. The third kappa shape index (κ3) is 3.22. The number of aryl methyl sites for hydroxylation is 1. The van der Waals surface area contributed by atoms with Gasteiger partial charge in [0.15, 0.2) is 0 Å². The van der Waals surface area contributed by atoms with Gasteiger partial charge >= 0.3 is 0 Å². The number of nitrogens with two attached hydrogens (primary N) is 1. The van der Waals surface area contributed by atoms with E-state index in [0.717, 1.165) is 12.1 Å². The van der Waals surface area contributed by atoms with Crippen molar-refractivity contribution in [3.63, 3.8) is 0 Å². The van der Waals surface area contributed by atoms with Gasteiger partial charge in [-0.05, 0) is 18.9 Å². The molecule has 0 aromatic carbocycles. The normalized spacial score (nSPS) is 12.2. The molecule has 1 heterocycles. The lowest BCUT2D eigenvalue weighted by atomic mass is 10.1. The molecule has 4 heteroatoms. The zero-order chi connectivity index (χ0) is 12.1. The number of rotatable bonds is 4. The number of carbonyl (C=O) groups is 1. The number of amides is 1. The van der Waals surface area contributed by atoms with Crippen LogP contribution < -0.4 is 11.1 Å². The summed E-state index contributed by atoms with van der Waals surface area (Å²) in [6, 6.07) is 1.71. The van der Waals surface area contributed by atoms with Crippen molar-refractivity contribution in [2.45, 2.75) is 27.2 Å². The summed E-state index contributed by atoms with van der Waals surface area (Å²) in [4.78, 5) is 15.8. The lowest BCUT2D eigenvalue weighted by Crippen LogP contribution is -2.28. The van der Waals surface area contributed by atoms with Gasteiger partial charge in [-0.3, -0.25) is 9.78 Å². The van der Waals surface area contributed by atoms with Crippen LogP contribution in [-0.2, 0) is 0 Å². The fourth-order valence-corrected chi connectivity index (χ4v) is 1.28. The number of hydrogen-bond acceptors (Lipinski definition) is 3. The van der Waals surface area contributed by atoms with Gasteiger partial charge in [0.2, 0.25) is 0 Å². The maximum absolute atomic E-state index is 11.8. The molecule has 0 fully saturated rings. The first-order chi connectivity index (χ1) is 7.54. The van der Waals surface area contributed by atoms with Gasteiger partial charge in [0.05, 0.1) is 5.56 Å². The van der Waals surface area contributed by atoms with E-state index >= 15 is 0 Å². The number of pyridine rings is 1. The Morgan fingerprint density at radius 1 is 1.62 bits per heavy atom. The van der Waals surface area contributed by atoms with Crippen molar-refractivity contribution >= 4 is 11.6 Å². The van der Waals surface area contributed by atoms with Crippen LogP contribution in [0.15, 0.2) is 12.3 Å². The second-order valence-corrected chi connectivity index (χ2v) is 4.14. The van der Waals surface area contributed by atoms with Crippen LogP contribution in [0.3, 0.4) is 0 Å². The first-order valence-corrected chi connectivity index (χ1v) is 5.55. The number of aromatic nitrogens is 1. The number of nitrogens with zero attached hydrogens (tertiary/aromatic N) is 1. The first kappa shape index (κ1) is 12.5. The van der Waals surface area contributed by atoms with E-state index in [1.54, 1.807) is 6.07 Å². The summed E-state index contributed by atoms with van der Waals surface area (Å²) in [5.74, 6) is 0.328. The molecule has 3 N–H and O–H groups in total. The quantitative estimate of drug-likeness (QED) is 0.813. The monoisotopic (exact) mass is 221 g/mol. The molecule has 1 unspecified atom stereocenters. The maximum atomic E-state index is 11.8. The Labute approximate surface area is 96.3 Å². The van der Waals surface area contributed by atoms with E-state index in [4.69, 9.17) is 5.73 Å². The average Bonchev–Trinajstić information content (AvgIpc) is 2.25. The summed E-state index contributed by atoms with van der Waals surface area (Å²) in [6.45, 7) is 6.70. The predicted octanol–water partition coefficient (Wildman–Crippen LogP) is 1.75. The molecule has 0 aliphatic heterocycles. The molecule has 4 nitrogen and oxygen atoms in total. The lowest BCUT2D eigenvalue weighted by molar-refractivity contribution is 0.0948. The summed E-state index contributed by atoms with van der Waals surface area (Å²) in [5.41, 5.74) is 7.51. The van der Waals surface area contributed by atoms with Crippen molar-refractivity contribution in [2.75, 3.05) is 12.3 Å². The summed E-state index contributed by atoms with van der Waals surface area (Å²) in [7, 11) is 0. The van der Waals surface area contributed by atoms with Gasteiger partial charge in [-0.1, -0.05) is 20.3 Å². The van der Waals surface area contributed by atoms with Crippen molar-refractivity contribution in [1.82, 2.24) is 10.3 Å². The maximum Gasteiger partial charge on any atom is 0.254 e.